The molecule has 0 aliphatic carbocycles. The molecule has 15 amide bonds. The summed E-state index contributed by atoms with van der Waals surface area (Å²) >= 11 is 0. The minimum atomic E-state index is -1.30. The minimum Gasteiger partial charge on any atom is -0.465 e. The van der Waals surface area contributed by atoms with Crippen molar-refractivity contribution in [2.75, 3.05) is 153 Å². The summed E-state index contributed by atoms with van der Waals surface area (Å²) in [5, 5.41) is 106. The molecule has 0 unspecified atom stereocenters. The zero-order valence-corrected chi connectivity index (χ0v) is 83.4. The van der Waals surface area contributed by atoms with Crippen molar-refractivity contribution in [3.8, 4) is 0 Å². The number of fused-ring (bicyclic) bond motifs is 1. The highest BCUT2D eigenvalue weighted by atomic mass is 16.6. The highest BCUT2D eigenvalue weighted by molar-refractivity contribution is 6.00. The number of para-hydroxylation sites is 1. The molecule has 0 fully saturated rings. The Hall–Kier alpha value is -16.5. The number of urea groups is 1. The second kappa shape index (κ2) is 65.9. The van der Waals surface area contributed by atoms with Gasteiger partial charge in [0.1, 0.15) is 74.1 Å². The molecule has 7 rings (SSSR count). The molecule has 0 radical (unpaired) electrons. The molecule has 0 saturated heterocycles. The third-order valence-corrected chi connectivity index (χ3v) is 21.9. The number of carboxylic acid groups (broad SMARTS) is 1. The van der Waals surface area contributed by atoms with Gasteiger partial charge in [0.25, 0.3) is 22.7 Å². The Labute approximate surface area is 859 Å². The number of amides is 15. The van der Waals surface area contributed by atoms with Crippen molar-refractivity contribution in [2.24, 2.45) is 17.6 Å². The number of benzene rings is 5. The van der Waals surface area contributed by atoms with Crippen molar-refractivity contribution in [1.82, 2.24) is 83.8 Å². The molecule has 6 atom stereocenters. The molecule has 0 saturated carbocycles. The third kappa shape index (κ3) is 46.1. The van der Waals surface area contributed by atoms with E-state index < -0.39 is 181 Å². The van der Waals surface area contributed by atoms with Gasteiger partial charge in [-0.2, -0.15) is 0 Å². The number of hydrogen-bond donors (Lipinski definition) is 19. The topological polar surface area (TPSA) is 771 Å². The lowest BCUT2D eigenvalue weighted by atomic mass is 10.0. The van der Waals surface area contributed by atoms with Gasteiger partial charge in [0.05, 0.1) is 110 Å². The van der Waals surface area contributed by atoms with Crippen LogP contribution in [0.2, 0.25) is 0 Å². The smallest absolute Gasteiger partial charge is 0.407 e. The number of alkyl carbamates (subject to hydrolysis) is 2. The second-order valence-electron chi connectivity index (χ2n) is 34.2. The van der Waals surface area contributed by atoms with Crippen molar-refractivity contribution in [3.63, 3.8) is 0 Å². The number of hydrogen-bond acceptors (Lipinski definition) is 34. The average molecular weight is 2110 g/mol. The van der Waals surface area contributed by atoms with Crippen LogP contribution in [-0.4, -0.2) is 296 Å². The Balaban J connectivity index is 0.744. The highest BCUT2D eigenvalue weighted by Crippen LogP contribution is 2.31. The Bertz CT molecular complexity index is 5640. The number of nitrogens with two attached hydrogens (primary N) is 1. The van der Waals surface area contributed by atoms with E-state index in [1.165, 1.54) is 48.0 Å². The van der Waals surface area contributed by atoms with Crippen LogP contribution in [0.4, 0.5) is 64.7 Å². The predicted molar refractivity (Wildman–Crippen MR) is 537 cm³/mol. The molecule has 56 heteroatoms. The number of nitrogens with zero attached hydrogens (tertiary/aromatic N) is 7. The Morgan fingerprint density at radius 1 is 0.447 bits per heavy atom. The molecule has 56 nitrogen and oxygen atoms in total. The molecule has 7 aromatic rings. The van der Waals surface area contributed by atoms with Gasteiger partial charge in [-0.1, -0.05) is 75.4 Å². The first-order chi connectivity index (χ1) is 71.9. The van der Waals surface area contributed by atoms with Gasteiger partial charge in [-0.15, -0.1) is 5.10 Å². The molecule has 5 aromatic carbocycles. The van der Waals surface area contributed by atoms with E-state index in [1.807, 2.05) is 24.3 Å². The first kappa shape index (κ1) is 120. The first-order valence-corrected chi connectivity index (χ1v) is 48.1. The molecule has 0 aliphatic rings. The maximum Gasteiger partial charge on any atom is 0.407 e. The summed E-state index contributed by atoms with van der Waals surface area (Å²) in [6, 6.07) is 18.5. The lowest BCUT2D eigenvalue weighted by molar-refractivity contribution is -0.393. The van der Waals surface area contributed by atoms with Crippen LogP contribution in [0.25, 0.3) is 10.9 Å². The van der Waals surface area contributed by atoms with Crippen LogP contribution in [0, 0.1) is 52.3 Å². The Morgan fingerprint density at radius 2 is 0.913 bits per heavy atom. The van der Waals surface area contributed by atoms with Gasteiger partial charge in [0.2, 0.25) is 59.1 Å². The number of nitro benzene ring substituents is 4. The second-order valence-corrected chi connectivity index (χ2v) is 34.2. The average Bonchev–Trinajstić information content (AvgIpc) is 1.70. The van der Waals surface area contributed by atoms with Gasteiger partial charge < -0.3 is 139 Å². The van der Waals surface area contributed by atoms with Crippen LogP contribution >= 0.6 is 0 Å². The zero-order valence-electron chi connectivity index (χ0n) is 83.4. The van der Waals surface area contributed by atoms with E-state index >= 15 is 0 Å². The van der Waals surface area contributed by atoms with Gasteiger partial charge in [-0.25, -0.2) is 23.9 Å². The number of aromatic nitrogens is 4. The van der Waals surface area contributed by atoms with Crippen molar-refractivity contribution in [3.05, 3.63) is 184 Å². The lowest BCUT2D eigenvalue weighted by Crippen LogP contribution is -2.55. The molecular formula is C94H129N25O31. The van der Waals surface area contributed by atoms with Crippen LogP contribution in [-0.2, 0) is 118 Å². The van der Waals surface area contributed by atoms with Gasteiger partial charge in [-0.3, -0.25) is 88.4 Å². The minimum absolute atomic E-state index is 0.00118. The summed E-state index contributed by atoms with van der Waals surface area (Å²) in [6.45, 7) is 8.49. The molecule has 150 heavy (non-hydrogen) atoms. The molecule has 20 N–H and O–H groups in total. The molecule has 0 aliphatic heterocycles. The SMILES string of the molecule is CC(=O)N[C@@H](Cc1c[nH]c2ccccc12)C(=O)N[C@@H](CCCCNC(=O)COCCOCCOCCn1cc(CCC(=O)N[C@H](C(=O)N[C@@H](CCCNC(N)=O)C(=O)Nc2ccc(COC(=O)NCCNc3ccc([N+](=O)[O-])cc3[N+](=O)[O-])cc2)C(C)C)nn1)C(=O)NCCOCCOCCOCC(=O)N[C@H](C(=O)N[C@@H](CCCNC(=O)O)C(=O)Nc1ccc(COC(=O)NCCNc2ccc([N+](=O)[O-])cc2[N+](=O)[O-])cc1)C(C)C. The lowest BCUT2D eigenvalue weighted by Gasteiger charge is -2.25. The fraction of sp³-hybridized carbons (Fsp3) is 0.489. The monoisotopic (exact) mass is 2100 g/mol. The maximum atomic E-state index is 14.0. The number of primary amides is 1. The number of H-pyrrole nitrogens is 1. The normalized spacial score (nSPS) is 12.2. The number of ether oxygens (including phenoxy) is 8. The fourth-order valence-electron chi connectivity index (χ4n) is 14.2. The highest BCUT2D eigenvalue weighted by Gasteiger charge is 2.34. The fourth-order valence-corrected chi connectivity index (χ4v) is 14.2. The molecule has 0 bridgehead atoms. The zero-order chi connectivity index (χ0) is 109. The molecule has 816 valence electrons. The number of carbonyl (C=O) groups excluding carboxylic acids is 13. The van der Waals surface area contributed by atoms with E-state index in [4.69, 9.17) is 48.7 Å². The number of nitro groups is 4. The predicted octanol–water partition coefficient (Wildman–Crippen LogP) is 3.76. The molecule has 2 aromatic heterocycles. The number of carbonyl (C=O) groups is 14. The van der Waals surface area contributed by atoms with Crippen LogP contribution in [0.1, 0.15) is 108 Å². The molecule has 2 heterocycles. The summed E-state index contributed by atoms with van der Waals surface area (Å²) in [4.78, 5) is 227. The van der Waals surface area contributed by atoms with Crippen LogP contribution < -0.4 is 90.8 Å². The van der Waals surface area contributed by atoms with Gasteiger partial charge in [0, 0.05) is 125 Å². The summed E-state index contributed by atoms with van der Waals surface area (Å²) in [7, 11) is 0. The number of unbranched alkanes of at least 4 members (excludes halogenated alkanes) is 1. The maximum absolute atomic E-state index is 14.0. The van der Waals surface area contributed by atoms with E-state index in [9.17, 15) is 108 Å². The van der Waals surface area contributed by atoms with Crippen molar-refractivity contribution in [1.29, 1.82) is 0 Å². The van der Waals surface area contributed by atoms with Gasteiger partial charge in [-0.05, 0) is 116 Å². The van der Waals surface area contributed by atoms with Gasteiger partial charge in [0.15, 0.2) is 0 Å². The van der Waals surface area contributed by atoms with E-state index in [1.54, 1.807) is 64.4 Å². The number of anilines is 4. The van der Waals surface area contributed by atoms with Crippen molar-refractivity contribution in [2.45, 2.75) is 155 Å². The quantitative estimate of drug-likeness (QED) is 0.0147. The summed E-state index contributed by atoms with van der Waals surface area (Å²) in [6.07, 6.45) is 1.91. The number of aryl methyl sites for hydroxylation is 1. The van der Waals surface area contributed by atoms with Crippen LogP contribution in [0.15, 0.2) is 122 Å². The standard InChI is InChI=1S/C94H129N25O31/c1-59(2)83(89(128)109-75(15-10-32-100-91(95)130)86(125)106-65-21-17-62(18-22-65)55-149-93(133)102-36-34-96-72-28-26-68(116(135)136)51-78(72)118(139)140)111-80(121)30-25-67-54-115(114-113-67)39-41-144-43-45-146-46-48-147-57-81(122)98-31-9-8-14-74(108-88(127)77(105-61(5)120)50-64-53-104-71-13-7-6-12-70(64)71)85(124)99-38-40-143-42-44-145-47-49-148-58-82(123)112-84(60(3)4)90(129)110-76(16-11-33-101-92(131)132)87(126)107-66-23-19-63(20-24-66)56-150-94(134)103-37-35-97-73-29-27-69(117(137)138)52-79(73)119(141)142/h6-7,12-13,17-24,26-29,51-54,59-60,74-77,83-84,96-97,101,104H,8-11,14-16,25,30-50,55-58H2,1-5H3,(H,98,122)(H,99,124)(H,102,133)(H,103,134)(H,105,120)(H,106,125)(H,107,126)(H,108,127)(H,109,128)(H,110,129)(H,111,121)(H,112,123)(H,131,132)(H3,95,100,130)/t74-,75-,76-,77-,83-,84-/m0/s1. The van der Waals surface area contributed by atoms with E-state index in [0.717, 1.165) is 40.7 Å². The number of non-ortho nitro benzene ring substituents is 2. The molecular weight excluding hydrogens is 1980 g/mol. The van der Waals surface area contributed by atoms with Gasteiger partial charge >= 0.3 is 24.3 Å². The van der Waals surface area contributed by atoms with Crippen molar-refractivity contribution < 1.29 is 130 Å². The Morgan fingerprint density at radius 3 is 1.41 bits per heavy atom. The Kier molecular flexibility index (Phi) is 52.9. The third-order valence-electron chi connectivity index (χ3n) is 21.9. The summed E-state index contributed by atoms with van der Waals surface area (Å²) in [5.41, 5.74) is 6.97. The van der Waals surface area contributed by atoms with Crippen LogP contribution in [0.3, 0.4) is 0 Å². The number of aromatic amines is 1. The largest absolute Gasteiger partial charge is 0.465 e. The summed E-state index contributed by atoms with van der Waals surface area (Å²) in [5.74, 6) is -6.75. The number of nitrogens with one attached hydrogen (secondary N) is 17. The van der Waals surface area contributed by atoms with Crippen molar-refractivity contribution >= 4 is 140 Å². The van der Waals surface area contributed by atoms with E-state index in [-0.39, 0.29) is 207 Å². The van der Waals surface area contributed by atoms with E-state index in [0.29, 0.717) is 41.9 Å². The first-order valence-electron chi connectivity index (χ1n) is 48.1. The number of rotatable bonds is 72. The molecule has 0 spiro atoms. The van der Waals surface area contributed by atoms with Crippen LogP contribution in [0.5, 0.6) is 0 Å². The summed E-state index contributed by atoms with van der Waals surface area (Å²) < 4.78 is 45.6. The van der Waals surface area contributed by atoms with E-state index in [2.05, 4.69) is 100 Å².